The van der Waals surface area contributed by atoms with Gasteiger partial charge < -0.3 is 4.57 Å². The van der Waals surface area contributed by atoms with E-state index in [1.54, 1.807) is 0 Å². The molecule has 3 aromatic heterocycles. The van der Waals surface area contributed by atoms with Crippen LogP contribution in [0.15, 0.2) is 206 Å². The van der Waals surface area contributed by atoms with Gasteiger partial charge in [-0.1, -0.05) is 170 Å². The van der Waals surface area contributed by atoms with Gasteiger partial charge in [-0.05, 0) is 68.7 Å². The van der Waals surface area contributed by atoms with E-state index in [0.717, 1.165) is 72.3 Å². The lowest BCUT2D eigenvalue weighted by Gasteiger charge is -2.13. The van der Waals surface area contributed by atoms with Gasteiger partial charge in [-0.15, -0.1) is 0 Å². The van der Waals surface area contributed by atoms with E-state index < -0.39 is 0 Å². The first-order chi connectivity index (χ1) is 29.3. The first-order valence-corrected chi connectivity index (χ1v) is 20.0. The van der Waals surface area contributed by atoms with Crippen LogP contribution < -0.4 is 0 Å². The molecule has 0 atom stereocenters. The molecule has 4 nitrogen and oxygen atoms in total. The number of nitrogens with zero attached hydrogens (tertiary/aromatic N) is 4. The van der Waals surface area contributed by atoms with Crippen LogP contribution in [0.5, 0.6) is 0 Å². The van der Waals surface area contributed by atoms with Gasteiger partial charge in [0.2, 0.25) is 0 Å². The Hall–Kier alpha value is -7.95. The molecule has 0 bridgehead atoms. The molecule has 0 unspecified atom stereocenters. The zero-order chi connectivity index (χ0) is 38.9. The molecule has 12 rings (SSSR count). The number of para-hydroxylation sites is 3. The fourth-order valence-corrected chi connectivity index (χ4v) is 9.06. The summed E-state index contributed by atoms with van der Waals surface area (Å²) in [5.41, 5.74) is 11.2. The normalized spacial score (nSPS) is 11.7. The summed E-state index contributed by atoms with van der Waals surface area (Å²) in [5.74, 6) is 0.691. The van der Waals surface area contributed by atoms with Crippen molar-refractivity contribution in [3.63, 3.8) is 0 Å². The maximum absolute atomic E-state index is 5.37. The van der Waals surface area contributed by atoms with Crippen LogP contribution in [0.25, 0.3) is 116 Å². The van der Waals surface area contributed by atoms with Crippen molar-refractivity contribution in [2.75, 3.05) is 0 Å². The lowest BCUT2D eigenvalue weighted by Crippen LogP contribution is -1.97. The Morgan fingerprint density at radius 2 is 0.814 bits per heavy atom. The standard InChI is InChI=1S/C55H34N4/c1-3-15-35(16-4-1)49-34-50(58-55(57-49)38-31-32-44-42-21-8-7-19-40(42)41-20-9-10-22-43(41)47(44)33-38)36-27-29-37(30-28-36)53-52-46-24-12-14-26-51(46)59(39-17-5-2-6-18-39)54(52)45-23-11-13-25-48(45)56-53/h1-34H. The van der Waals surface area contributed by atoms with Crippen LogP contribution in [0.4, 0.5) is 0 Å². The fraction of sp³-hybridized carbons (Fsp3) is 0. The third-order valence-corrected chi connectivity index (χ3v) is 11.8. The highest BCUT2D eigenvalue weighted by Crippen LogP contribution is 2.42. The van der Waals surface area contributed by atoms with Gasteiger partial charge in [-0.2, -0.15) is 0 Å². The van der Waals surface area contributed by atoms with E-state index in [4.69, 9.17) is 15.0 Å². The maximum atomic E-state index is 5.37. The van der Waals surface area contributed by atoms with Crippen LogP contribution in [-0.2, 0) is 0 Å². The Kier molecular flexibility index (Phi) is 7.50. The zero-order valence-corrected chi connectivity index (χ0v) is 31.9. The fourth-order valence-electron chi connectivity index (χ4n) is 9.06. The molecule has 0 aliphatic carbocycles. The van der Waals surface area contributed by atoms with Gasteiger partial charge in [0, 0.05) is 44.1 Å². The molecule has 0 saturated heterocycles. The van der Waals surface area contributed by atoms with Crippen LogP contribution in [0.2, 0.25) is 0 Å². The molecular weight excluding hydrogens is 717 g/mol. The molecular formula is C55H34N4. The van der Waals surface area contributed by atoms with Gasteiger partial charge in [-0.3, -0.25) is 0 Å². The third-order valence-electron chi connectivity index (χ3n) is 11.8. The molecule has 0 spiro atoms. The minimum Gasteiger partial charge on any atom is -0.308 e. The Morgan fingerprint density at radius 3 is 1.49 bits per heavy atom. The Balaban J connectivity index is 1.04. The average molecular weight is 751 g/mol. The first-order valence-electron chi connectivity index (χ1n) is 20.0. The zero-order valence-electron chi connectivity index (χ0n) is 31.9. The predicted molar refractivity (Wildman–Crippen MR) is 246 cm³/mol. The summed E-state index contributed by atoms with van der Waals surface area (Å²) in [4.78, 5) is 15.9. The van der Waals surface area contributed by atoms with Crippen molar-refractivity contribution >= 4 is 65.0 Å². The smallest absolute Gasteiger partial charge is 0.160 e. The van der Waals surface area contributed by atoms with Gasteiger partial charge in [0.15, 0.2) is 5.82 Å². The number of hydrogen-bond donors (Lipinski definition) is 0. The van der Waals surface area contributed by atoms with Crippen molar-refractivity contribution < 1.29 is 0 Å². The summed E-state index contributed by atoms with van der Waals surface area (Å²) in [6.45, 7) is 0. The largest absolute Gasteiger partial charge is 0.308 e. The molecule has 0 saturated carbocycles. The van der Waals surface area contributed by atoms with Gasteiger partial charge in [0.05, 0.1) is 33.6 Å². The number of pyridine rings is 1. The minimum absolute atomic E-state index is 0.691. The SMILES string of the molecule is c1ccc(-c2cc(-c3ccc(-c4nc5ccccc5c5c4c4ccccc4n5-c4ccccc4)cc3)nc(-c3ccc4c5ccccc5c5ccccc5c4c3)n2)cc1. The number of rotatable bonds is 5. The number of fused-ring (bicyclic) bond motifs is 11. The minimum atomic E-state index is 0.691. The summed E-state index contributed by atoms with van der Waals surface area (Å²) in [6, 6.07) is 73.0. The predicted octanol–water partition coefficient (Wildman–Crippen LogP) is 14.2. The van der Waals surface area contributed by atoms with E-state index in [1.807, 2.05) is 6.07 Å². The Bertz CT molecular complexity index is 3550. The van der Waals surface area contributed by atoms with Gasteiger partial charge in [-0.25, -0.2) is 15.0 Å². The molecule has 12 aromatic rings. The van der Waals surface area contributed by atoms with Crippen molar-refractivity contribution in [2.24, 2.45) is 0 Å². The Morgan fingerprint density at radius 1 is 0.322 bits per heavy atom. The number of benzene rings is 9. The molecule has 9 aromatic carbocycles. The number of aromatic nitrogens is 4. The van der Waals surface area contributed by atoms with Crippen molar-refractivity contribution in [2.45, 2.75) is 0 Å². The second kappa shape index (κ2) is 13.3. The molecule has 3 heterocycles. The van der Waals surface area contributed by atoms with E-state index >= 15 is 0 Å². The average Bonchev–Trinajstić information content (AvgIpc) is 3.67. The van der Waals surface area contributed by atoms with Crippen molar-refractivity contribution in [1.29, 1.82) is 0 Å². The number of hydrogen-bond acceptors (Lipinski definition) is 3. The molecule has 0 aliphatic rings. The highest BCUT2D eigenvalue weighted by molar-refractivity contribution is 6.26. The van der Waals surface area contributed by atoms with Crippen molar-refractivity contribution in [1.82, 2.24) is 19.5 Å². The summed E-state index contributed by atoms with van der Waals surface area (Å²) in [5, 5.41) is 10.8. The molecule has 0 aliphatic heterocycles. The Labute approximate surface area is 340 Å². The molecule has 274 valence electrons. The highest BCUT2D eigenvalue weighted by atomic mass is 15.0. The van der Waals surface area contributed by atoms with E-state index in [1.165, 1.54) is 37.7 Å². The molecule has 0 N–H and O–H groups in total. The monoisotopic (exact) mass is 750 g/mol. The van der Waals surface area contributed by atoms with E-state index in [2.05, 4.69) is 205 Å². The topological polar surface area (TPSA) is 43.6 Å². The third kappa shape index (κ3) is 5.34. The van der Waals surface area contributed by atoms with Crippen LogP contribution in [0, 0.1) is 0 Å². The second-order valence-electron chi connectivity index (χ2n) is 15.1. The van der Waals surface area contributed by atoms with Crippen molar-refractivity contribution in [3.8, 4) is 50.8 Å². The van der Waals surface area contributed by atoms with Crippen LogP contribution in [0.1, 0.15) is 0 Å². The second-order valence-corrected chi connectivity index (χ2v) is 15.1. The first kappa shape index (κ1) is 33.2. The quantitative estimate of drug-likeness (QED) is 0.165. The maximum Gasteiger partial charge on any atom is 0.160 e. The summed E-state index contributed by atoms with van der Waals surface area (Å²) in [6.07, 6.45) is 0. The molecule has 0 fully saturated rings. The van der Waals surface area contributed by atoms with E-state index in [9.17, 15) is 0 Å². The summed E-state index contributed by atoms with van der Waals surface area (Å²) >= 11 is 0. The van der Waals surface area contributed by atoms with Gasteiger partial charge in [0.25, 0.3) is 0 Å². The molecule has 4 heteroatoms. The van der Waals surface area contributed by atoms with E-state index in [-0.39, 0.29) is 0 Å². The van der Waals surface area contributed by atoms with Crippen LogP contribution in [-0.4, -0.2) is 19.5 Å². The summed E-state index contributed by atoms with van der Waals surface area (Å²) in [7, 11) is 0. The lowest BCUT2D eigenvalue weighted by atomic mass is 9.93. The summed E-state index contributed by atoms with van der Waals surface area (Å²) < 4.78 is 2.39. The van der Waals surface area contributed by atoms with Crippen LogP contribution in [0.3, 0.4) is 0 Å². The highest BCUT2D eigenvalue weighted by Gasteiger charge is 2.21. The van der Waals surface area contributed by atoms with Gasteiger partial charge >= 0.3 is 0 Å². The molecule has 59 heavy (non-hydrogen) atoms. The lowest BCUT2D eigenvalue weighted by molar-refractivity contribution is 1.18. The molecule has 0 radical (unpaired) electrons. The molecule has 0 amide bonds. The van der Waals surface area contributed by atoms with E-state index in [0.29, 0.717) is 5.82 Å². The van der Waals surface area contributed by atoms with Crippen LogP contribution >= 0.6 is 0 Å². The van der Waals surface area contributed by atoms with Gasteiger partial charge in [0.1, 0.15) is 0 Å². The van der Waals surface area contributed by atoms with Crippen molar-refractivity contribution in [3.05, 3.63) is 206 Å².